The lowest BCUT2D eigenvalue weighted by Crippen LogP contribution is -2.36. The molecule has 0 aliphatic heterocycles. The van der Waals surface area contributed by atoms with Crippen molar-refractivity contribution in [3.8, 4) is 5.75 Å². The van der Waals surface area contributed by atoms with Gasteiger partial charge in [0.25, 0.3) is 0 Å². The van der Waals surface area contributed by atoms with Crippen molar-refractivity contribution in [2.75, 3.05) is 18.6 Å². The summed E-state index contributed by atoms with van der Waals surface area (Å²) in [5.41, 5.74) is 7.71. The van der Waals surface area contributed by atoms with Crippen molar-refractivity contribution in [1.82, 2.24) is 0 Å². The van der Waals surface area contributed by atoms with Crippen molar-refractivity contribution >= 4 is 28.7 Å². The van der Waals surface area contributed by atoms with E-state index in [2.05, 4.69) is 0 Å². The number of hydrogen-bond acceptors (Lipinski definition) is 5. The maximum Gasteiger partial charge on any atom is 0.241 e. The highest BCUT2D eigenvalue weighted by Gasteiger charge is 2.23. The zero-order valence-electron chi connectivity index (χ0n) is 14.9. The van der Waals surface area contributed by atoms with Gasteiger partial charge in [0.1, 0.15) is 5.75 Å². The lowest BCUT2D eigenvalue weighted by Gasteiger charge is -2.22. The molecule has 0 unspecified atom stereocenters. The second-order valence-electron chi connectivity index (χ2n) is 5.86. The molecule has 0 bridgehead atoms. The lowest BCUT2D eigenvalue weighted by atomic mass is 10.1. The summed E-state index contributed by atoms with van der Waals surface area (Å²) in [6.07, 6.45) is 0. The zero-order chi connectivity index (χ0) is 19.2. The monoisotopic (exact) mass is 380 g/mol. The molecule has 1 amide bonds. The van der Waals surface area contributed by atoms with Crippen LogP contribution in [-0.4, -0.2) is 25.3 Å². The second-order valence-corrected chi connectivity index (χ2v) is 6.78. The van der Waals surface area contributed by atoms with Crippen molar-refractivity contribution in [3.63, 3.8) is 0 Å². The quantitative estimate of drug-likeness (QED) is 0.637. The number of nitrogens with two attached hydrogens (primary N) is 1. The molecule has 0 spiro atoms. The fourth-order valence-corrected chi connectivity index (χ4v) is 3.59. The summed E-state index contributed by atoms with van der Waals surface area (Å²) in [5, 5.41) is 1.82. The summed E-state index contributed by atoms with van der Waals surface area (Å²) in [6.45, 7) is 0.191. The molecule has 1 heterocycles. The van der Waals surface area contributed by atoms with Crippen LogP contribution in [0.5, 0.6) is 5.75 Å². The largest absolute Gasteiger partial charge is 0.497 e. The molecule has 138 valence electrons. The predicted molar refractivity (Wildman–Crippen MR) is 107 cm³/mol. The fourth-order valence-electron chi connectivity index (χ4n) is 2.74. The lowest BCUT2D eigenvalue weighted by molar-refractivity contribution is -0.117. The van der Waals surface area contributed by atoms with Gasteiger partial charge >= 0.3 is 0 Å². The maximum atomic E-state index is 12.9. The van der Waals surface area contributed by atoms with E-state index in [1.165, 1.54) is 11.3 Å². The van der Waals surface area contributed by atoms with E-state index in [4.69, 9.17) is 10.5 Å². The first-order valence-electron chi connectivity index (χ1n) is 8.44. The fraction of sp³-hybridized carbons (Fsp3) is 0.143. The van der Waals surface area contributed by atoms with Gasteiger partial charge < -0.3 is 15.4 Å². The number of carbonyl (C=O) groups excluding carboxylic acids is 2. The molecule has 0 atom stereocenters. The molecule has 3 aromatic rings. The summed E-state index contributed by atoms with van der Waals surface area (Å²) in [7, 11) is 1.60. The minimum Gasteiger partial charge on any atom is -0.497 e. The van der Waals surface area contributed by atoms with Crippen molar-refractivity contribution in [2.24, 2.45) is 5.73 Å². The first-order valence-corrected chi connectivity index (χ1v) is 9.32. The van der Waals surface area contributed by atoms with Gasteiger partial charge in [0, 0.05) is 5.56 Å². The van der Waals surface area contributed by atoms with Crippen LogP contribution >= 0.6 is 11.3 Å². The highest BCUT2D eigenvalue weighted by molar-refractivity contribution is 7.13. The number of nitrogens with zero attached hydrogens (tertiary/aromatic N) is 1. The van der Waals surface area contributed by atoms with E-state index in [-0.39, 0.29) is 18.2 Å². The van der Waals surface area contributed by atoms with Crippen LogP contribution in [0.3, 0.4) is 0 Å². The van der Waals surface area contributed by atoms with Crippen molar-refractivity contribution in [1.29, 1.82) is 0 Å². The van der Waals surface area contributed by atoms with Crippen molar-refractivity contribution in [2.45, 2.75) is 6.54 Å². The van der Waals surface area contributed by atoms with E-state index in [0.29, 0.717) is 22.7 Å². The van der Waals surface area contributed by atoms with E-state index in [9.17, 15) is 9.59 Å². The number of methoxy groups -OCH3 is 1. The molecule has 0 radical (unpaired) electrons. The van der Waals surface area contributed by atoms with Gasteiger partial charge in [0.15, 0.2) is 0 Å². The van der Waals surface area contributed by atoms with E-state index in [1.807, 2.05) is 47.8 Å². The molecule has 0 aliphatic rings. The Labute approximate surface area is 162 Å². The Morgan fingerprint density at radius 1 is 1.04 bits per heavy atom. The number of ketones is 1. The molecule has 0 saturated carbocycles. The van der Waals surface area contributed by atoms with E-state index < -0.39 is 0 Å². The van der Waals surface area contributed by atoms with Gasteiger partial charge in [-0.3, -0.25) is 9.59 Å². The molecule has 2 N–H and O–H groups in total. The van der Waals surface area contributed by atoms with Gasteiger partial charge in [-0.2, -0.15) is 0 Å². The normalized spacial score (nSPS) is 10.4. The number of ether oxygens (including phenoxy) is 1. The molecular formula is C21H20N2O3S. The Kier molecular flexibility index (Phi) is 6.01. The van der Waals surface area contributed by atoms with E-state index in [0.717, 1.165) is 11.3 Å². The first kappa shape index (κ1) is 18.8. The Morgan fingerprint density at radius 2 is 1.74 bits per heavy atom. The number of hydrogen-bond donors (Lipinski definition) is 1. The highest BCUT2D eigenvalue weighted by atomic mass is 32.1. The third-order valence-electron chi connectivity index (χ3n) is 4.15. The summed E-state index contributed by atoms with van der Waals surface area (Å²) in [6, 6.07) is 18.3. The van der Waals surface area contributed by atoms with Crippen LogP contribution in [-0.2, 0) is 11.3 Å². The Morgan fingerprint density at radius 3 is 2.37 bits per heavy atom. The van der Waals surface area contributed by atoms with Gasteiger partial charge in [0.05, 0.1) is 30.8 Å². The number of benzene rings is 2. The SMILES string of the molecule is COc1ccc(CN(C(=O)CN)c2ccsc2C(=O)c2ccccc2)cc1. The van der Waals surface area contributed by atoms with Crippen LogP contribution in [0.2, 0.25) is 0 Å². The van der Waals surface area contributed by atoms with Crippen LogP contribution in [0.25, 0.3) is 0 Å². The number of thiophene rings is 1. The van der Waals surface area contributed by atoms with Crippen LogP contribution in [0.4, 0.5) is 5.69 Å². The first-order chi connectivity index (χ1) is 13.1. The average molecular weight is 380 g/mol. The van der Waals surface area contributed by atoms with E-state index >= 15 is 0 Å². The summed E-state index contributed by atoms with van der Waals surface area (Å²) < 4.78 is 5.17. The molecule has 27 heavy (non-hydrogen) atoms. The Bertz CT molecular complexity index is 920. The summed E-state index contributed by atoms with van der Waals surface area (Å²) in [4.78, 5) is 27.5. The summed E-state index contributed by atoms with van der Waals surface area (Å²) in [5.74, 6) is 0.391. The van der Waals surface area contributed by atoms with Crippen LogP contribution in [0.1, 0.15) is 20.8 Å². The molecule has 0 saturated heterocycles. The molecule has 5 nitrogen and oxygen atoms in total. The minimum absolute atomic E-state index is 0.106. The second kappa shape index (κ2) is 8.62. The topological polar surface area (TPSA) is 72.6 Å². The standard InChI is InChI=1S/C21H20N2O3S/c1-26-17-9-7-15(8-10-17)14-23(19(24)13-22)18-11-12-27-21(18)20(25)16-5-3-2-4-6-16/h2-12H,13-14,22H2,1H3. The van der Waals surface area contributed by atoms with Crippen LogP contribution < -0.4 is 15.4 Å². The smallest absolute Gasteiger partial charge is 0.241 e. The van der Waals surface area contributed by atoms with Crippen LogP contribution in [0.15, 0.2) is 66.0 Å². The van der Waals surface area contributed by atoms with Crippen molar-refractivity contribution in [3.05, 3.63) is 82.0 Å². The molecule has 3 rings (SSSR count). The number of carbonyl (C=O) groups is 2. The molecule has 6 heteroatoms. The maximum absolute atomic E-state index is 12.9. The van der Waals surface area contributed by atoms with Gasteiger partial charge in [-0.15, -0.1) is 11.3 Å². The third kappa shape index (κ3) is 4.24. The Balaban J connectivity index is 1.93. The predicted octanol–water partition coefficient (Wildman–Crippen LogP) is 3.48. The molecule has 0 aliphatic carbocycles. The van der Waals surface area contributed by atoms with Crippen LogP contribution in [0, 0.1) is 0 Å². The number of amides is 1. The van der Waals surface area contributed by atoms with Gasteiger partial charge in [-0.1, -0.05) is 42.5 Å². The third-order valence-corrected chi connectivity index (χ3v) is 5.06. The number of rotatable bonds is 7. The van der Waals surface area contributed by atoms with E-state index in [1.54, 1.807) is 30.2 Å². The van der Waals surface area contributed by atoms with Gasteiger partial charge in [-0.25, -0.2) is 0 Å². The zero-order valence-corrected chi connectivity index (χ0v) is 15.7. The average Bonchev–Trinajstić information content (AvgIpc) is 3.21. The Hall–Kier alpha value is -2.96. The number of anilines is 1. The van der Waals surface area contributed by atoms with Crippen molar-refractivity contribution < 1.29 is 14.3 Å². The molecular weight excluding hydrogens is 360 g/mol. The minimum atomic E-state index is -0.244. The molecule has 1 aromatic heterocycles. The molecule has 2 aromatic carbocycles. The van der Waals surface area contributed by atoms with Gasteiger partial charge in [0.2, 0.25) is 11.7 Å². The summed E-state index contributed by atoms with van der Waals surface area (Å²) >= 11 is 1.32. The van der Waals surface area contributed by atoms with Gasteiger partial charge in [-0.05, 0) is 29.1 Å². The molecule has 0 fully saturated rings. The highest BCUT2D eigenvalue weighted by Crippen LogP contribution is 2.30.